The number of hydrogen-bond acceptors (Lipinski definition) is 6. The van der Waals surface area contributed by atoms with Crippen molar-refractivity contribution in [3.05, 3.63) is 62.2 Å². The number of amidine groups is 4. The van der Waals surface area contributed by atoms with E-state index in [2.05, 4.69) is 110 Å². The Morgan fingerprint density at radius 1 is 0.525 bits per heavy atom. The highest BCUT2D eigenvalue weighted by Crippen LogP contribution is 2.66. The number of nitrogens with zero attached hydrogens (tertiary/aromatic N) is 5. The van der Waals surface area contributed by atoms with E-state index in [4.69, 9.17) is 20.0 Å². The summed E-state index contributed by atoms with van der Waals surface area (Å²) in [4.78, 5) is 30.9. The maximum absolute atomic E-state index is 11.1. The van der Waals surface area contributed by atoms with E-state index in [9.17, 15) is 10.1 Å². The number of nitrogens with one attached hydrogen (secondary N) is 4. The van der Waals surface area contributed by atoms with Gasteiger partial charge in [-0.05, 0) is 285 Å². The predicted octanol–water partition coefficient (Wildman–Crippen LogP) is 16.5. The zero-order chi connectivity index (χ0) is 55.5. The molecule has 15 unspecified atom stereocenters. The second kappa shape index (κ2) is 23.5. The van der Waals surface area contributed by atoms with Crippen LogP contribution in [-0.2, 0) is 0 Å². The highest BCUT2D eigenvalue weighted by molar-refractivity contribution is 14.1. The van der Waals surface area contributed by atoms with Crippen LogP contribution in [-0.4, -0.2) is 64.0 Å². The molecule has 14 aliphatic carbocycles. The van der Waals surface area contributed by atoms with Crippen molar-refractivity contribution in [2.75, 3.05) is 10.6 Å². The Kier molecular flexibility index (Phi) is 16.7. The lowest BCUT2D eigenvalue weighted by atomic mass is 9.53. The topological polar surface area (TPSA) is 141 Å². The van der Waals surface area contributed by atoms with E-state index in [1.54, 1.807) is 12.1 Å². The second-order valence-electron chi connectivity index (χ2n) is 29.9. The molecule has 15 atom stereocenters. The average Bonchev–Trinajstić information content (AvgIpc) is 4.33. The number of hydrogen-bond donors (Lipinski definition) is 4. The minimum absolute atomic E-state index is 0.0927. The summed E-state index contributed by atoms with van der Waals surface area (Å²) in [5.74, 6) is 15.6. The van der Waals surface area contributed by atoms with Gasteiger partial charge < -0.3 is 21.3 Å². The van der Waals surface area contributed by atoms with Gasteiger partial charge in [-0.25, -0.2) is 0 Å². The first-order valence-corrected chi connectivity index (χ1v) is 33.8. The summed E-state index contributed by atoms with van der Waals surface area (Å²) >= 11 is 2.37. The monoisotopic (exact) mass is 1200 g/mol. The Bertz CT molecular complexity index is 2580. The van der Waals surface area contributed by atoms with Crippen LogP contribution < -0.4 is 21.3 Å². The molecule has 14 saturated carbocycles. The summed E-state index contributed by atoms with van der Waals surface area (Å²) in [6.45, 7) is 15.8. The van der Waals surface area contributed by atoms with Gasteiger partial charge in [0.15, 0.2) is 0 Å². The van der Waals surface area contributed by atoms with Crippen molar-refractivity contribution >= 4 is 63.0 Å². The van der Waals surface area contributed by atoms with Crippen LogP contribution in [0.3, 0.4) is 0 Å². The van der Waals surface area contributed by atoms with Gasteiger partial charge in [0, 0.05) is 21.7 Å². The van der Waals surface area contributed by atoms with Gasteiger partial charge in [-0.2, -0.15) is 0 Å². The molecule has 436 valence electrons. The Hall–Kier alpha value is -3.55. The number of rotatable bonds is 9. The molecule has 16 rings (SSSR count). The van der Waals surface area contributed by atoms with E-state index < -0.39 is 0 Å². The quantitative estimate of drug-likeness (QED) is 0.0648. The largest absolute Gasteiger partial charge is 0.371 e. The van der Waals surface area contributed by atoms with Crippen LogP contribution in [0.1, 0.15) is 209 Å². The summed E-state index contributed by atoms with van der Waals surface area (Å²) < 4.78 is 1.24. The lowest BCUT2D eigenvalue weighted by Crippen LogP contribution is -2.49. The fourth-order valence-corrected chi connectivity index (χ4v) is 21.1. The smallest absolute Gasteiger partial charge is 0.292 e. The molecule has 0 saturated heterocycles. The van der Waals surface area contributed by atoms with Crippen molar-refractivity contribution in [1.82, 2.24) is 10.6 Å². The summed E-state index contributed by atoms with van der Waals surface area (Å²) in [5, 5.41) is 25.3. The molecule has 2 aromatic rings. The fraction of sp³-hybridized carbons (Fsp3) is 0.765. The van der Waals surface area contributed by atoms with Gasteiger partial charge in [-0.1, -0.05) is 70.7 Å². The number of nitro benzene ring substituents is 1. The molecule has 0 aliphatic heterocycles. The van der Waals surface area contributed by atoms with Crippen molar-refractivity contribution in [3.63, 3.8) is 0 Å². The third-order valence-electron chi connectivity index (χ3n) is 24.5. The van der Waals surface area contributed by atoms with Gasteiger partial charge in [0.2, 0.25) is 0 Å². The van der Waals surface area contributed by atoms with E-state index >= 15 is 0 Å². The van der Waals surface area contributed by atoms with Gasteiger partial charge in [-0.3, -0.25) is 30.1 Å². The molecule has 0 amide bonds. The van der Waals surface area contributed by atoms with Crippen LogP contribution in [0, 0.1) is 95.5 Å². The van der Waals surface area contributed by atoms with Crippen molar-refractivity contribution in [1.29, 1.82) is 0 Å². The Morgan fingerprint density at radius 2 is 1.00 bits per heavy atom. The fourth-order valence-electron chi connectivity index (χ4n) is 20.6. The molecule has 80 heavy (non-hydrogen) atoms. The van der Waals surface area contributed by atoms with Gasteiger partial charge in [0.25, 0.3) is 5.69 Å². The lowest BCUT2D eigenvalue weighted by molar-refractivity contribution is -0.383. The summed E-state index contributed by atoms with van der Waals surface area (Å²) in [7, 11) is 0. The van der Waals surface area contributed by atoms with Crippen molar-refractivity contribution < 1.29 is 4.92 Å². The first-order chi connectivity index (χ1) is 38.4. The van der Waals surface area contributed by atoms with E-state index in [1.807, 2.05) is 13.0 Å². The minimum Gasteiger partial charge on any atom is -0.371 e. The molecule has 14 fully saturated rings. The average molecular weight is 1200 g/mol. The summed E-state index contributed by atoms with van der Waals surface area (Å²) in [5.41, 5.74) is 2.69. The van der Waals surface area contributed by atoms with Gasteiger partial charge in [0.05, 0.1) is 57.6 Å². The third-order valence-corrected chi connectivity index (χ3v) is 25.4. The minimum atomic E-state index is -0.347. The summed E-state index contributed by atoms with van der Waals surface area (Å²) in [6, 6.07) is 18.5. The molecule has 0 heterocycles. The van der Waals surface area contributed by atoms with Crippen LogP contribution >= 0.6 is 22.6 Å². The zero-order valence-electron chi connectivity index (χ0n) is 50.0. The molecule has 0 radical (unpaired) electrons. The molecule has 11 nitrogen and oxygen atoms in total. The number of benzene rings is 2. The highest BCUT2D eigenvalue weighted by Gasteiger charge is 2.61. The van der Waals surface area contributed by atoms with Gasteiger partial charge in [0.1, 0.15) is 5.69 Å². The van der Waals surface area contributed by atoms with E-state index in [-0.39, 0.29) is 16.1 Å². The van der Waals surface area contributed by atoms with Gasteiger partial charge in [-0.15, -0.1) is 0 Å². The number of aliphatic imine (C=N–C) groups is 4. The Balaban J connectivity index is 0.000000107. The number of halogens is 1. The van der Waals surface area contributed by atoms with Crippen LogP contribution in [0.15, 0.2) is 68.5 Å². The molecule has 12 heteroatoms. The maximum atomic E-state index is 11.1. The van der Waals surface area contributed by atoms with E-state index in [0.29, 0.717) is 34.6 Å². The third kappa shape index (κ3) is 12.2. The van der Waals surface area contributed by atoms with Crippen molar-refractivity contribution in [2.24, 2.45) is 102 Å². The molecule has 0 spiro atoms. The Morgan fingerprint density at radius 3 is 1.43 bits per heavy atom. The van der Waals surface area contributed by atoms with E-state index in [0.717, 1.165) is 100 Å². The van der Waals surface area contributed by atoms with E-state index in [1.165, 1.54) is 182 Å². The first kappa shape index (κ1) is 56.9. The molecule has 0 aromatic heterocycles. The molecule has 14 aliphatic rings. The normalized spacial score (nSPS) is 41.7. The summed E-state index contributed by atoms with van der Waals surface area (Å²) in [6.07, 6.45) is 35.0. The van der Waals surface area contributed by atoms with Crippen LogP contribution in [0.2, 0.25) is 0 Å². The number of para-hydroxylation sites is 3. The molecular weight excluding hydrogens is 1100 g/mol. The second-order valence-corrected chi connectivity index (χ2v) is 31.1. The van der Waals surface area contributed by atoms with Crippen LogP contribution in [0.4, 0.5) is 17.1 Å². The lowest BCUT2D eigenvalue weighted by Gasteiger charge is -2.55. The van der Waals surface area contributed by atoms with Crippen LogP contribution in [0.5, 0.6) is 0 Å². The SMILES string of the molecule is CC(=NC12CC3CC(CC(C3)C1)C2)Nc1ccccc1[N+](=O)[O-].CC(=NC1CC2CCC1(C)C2(C)C)Nc1ccccc1I.CC(=NC1CC2CCC1C2)NC1CC2CCC1C2.CC(=NC1CC2CCC1C2)NC1CC2CCC1C2. The predicted molar refractivity (Wildman–Crippen MR) is 339 cm³/mol. The maximum Gasteiger partial charge on any atom is 0.292 e. The van der Waals surface area contributed by atoms with Gasteiger partial charge >= 0.3 is 0 Å². The van der Waals surface area contributed by atoms with Crippen molar-refractivity contribution in [3.8, 4) is 0 Å². The Labute approximate surface area is 495 Å². The number of anilines is 2. The van der Waals surface area contributed by atoms with Crippen molar-refractivity contribution in [2.45, 2.75) is 245 Å². The number of fused-ring (bicyclic) bond motifs is 10. The molecule has 4 N–H and O–H groups in total. The number of nitro groups is 1. The zero-order valence-corrected chi connectivity index (χ0v) is 52.2. The standard InChI is InChI=1S/C18H25IN2.C18H23N3O2.2C16H26N2/c1-12(20-15-8-6-5-7-14(15)19)21-16-11-13-9-10-18(16,4)17(13,2)3;1-12(19-16-4-2-3-5-17(16)21(22)23)20-18-9-13-6-14(10-18)8-15(7-13)11-18;2*1-10(17-15-8-11-2-4-13(15)6-11)18-16-9-12-3-5-14(16)7-12/h5-8,13,16H,9-11H2,1-4H3,(H,20,21);2-5,13-15H,6-11H2,1H3,(H,19,20);2*11-16H,2-9H2,1H3,(H,17,18). The highest BCUT2D eigenvalue weighted by atomic mass is 127. The molecular formula is C68H100IN9O2. The molecule has 2 aromatic carbocycles. The first-order valence-electron chi connectivity index (χ1n) is 32.7. The molecule has 14 bridgehead atoms. The van der Waals surface area contributed by atoms with Crippen LogP contribution in [0.25, 0.3) is 0 Å².